The highest BCUT2D eigenvalue weighted by Gasteiger charge is 2.22. The lowest BCUT2D eigenvalue weighted by atomic mass is 9.80. The molecule has 2 N–H and O–H groups in total. The number of amides is 1. The van der Waals surface area contributed by atoms with E-state index >= 15 is 0 Å². The second-order valence-corrected chi connectivity index (χ2v) is 6.29. The highest BCUT2D eigenvalue weighted by Crippen LogP contribution is 2.29. The van der Waals surface area contributed by atoms with Crippen molar-refractivity contribution < 1.29 is 4.79 Å². The van der Waals surface area contributed by atoms with E-state index in [0.717, 1.165) is 35.8 Å². The van der Waals surface area contributed by atoms with Crippen LogP contribution in [0.5, 0.6) is 0 Å². The highest BCUT2D eigenvalue weighted by molar-refractivity contribution is 5.96. The van der Waals surface area contributed by atoms with Crippen LogP contribution in [0.15, 0.2) is 18.2 Å². The van der Waals surface area contributed by atoms with Crippen LogP contribution in [0.1, 0.15) is 55.5 Å². The van der Waals surface area contributed by atoms with Gasteiger partial charge >= 0.3 is 0 Å². The molecule has 1 aliphatic carbocycles. The Labute approximate surface area is 128 Å². The molecule has 2 unspecified atom stereocenters. The molecule has 1 aromatic rings. The summed E-state index contributed by atoms with van der Waals surface area (Å²) in [6.45, 7) is 8.09. The Morgan fingerprint density at radius 3 is 2.71 bits per heavy atom. The first kappa shape index (κ1) is 15.9. The van der Waals surface area contributed by atoms with Crippen LogP contribution in [0.2, 0.25) is 0 Å². The van der Waals surface area contributed by atoms with Crippen molar-refractivity contribution in [1.29, 1.82) is 0 Å². The number of rotatable bonds is 5. The molecule has 2 atom stereocenters. The van der Waals surface area contributed by atoms with Crippen LogP contribution in [-0.2, 0) is 0 Å². The molecule has 116 valence electrons. The Balaban J connectivity index is 1.93. The minimum Gasteiger partial charge on any atom is -0.385 e. The first-order valence-corrected chi connectivity index (χ1v) is 8.24. The first-order chi connectivity index (χ1) is 10.1. The number of benzene rings is 1. The molecule has 3 heteroatoms. The summed E-state index contributed by atoms with van der Waals surface area (Å²) in [5.41, 5.74) is 2.90. The van der Waals surface area contributed by atoms with E-state index < -0.39 is 0 Å². The quantitative estimate of drug-likeness (QED) is 0.860. The minimum absolute atomic E-state index is 0.0633. The maximum absolute atomic E-state index is 12.4. The van der Waals surface area contributed by atoms with Crippen LogP contribution >= 0.6 is 0 Å². The van der Waals surface area contributed by atoms with E-state index in [1.54, 1.807) is 0 Å². The third kappa shape index (κ3) is 4.23. The molecule has 2 rings (SSSR count). The van der Waals surface area contributed by atoms with E-state index in [-0.39, 0.29) is 5.91 Å². The molecule has 0 aromatic heterocycles. The van der Waals surface area contributed by atoms with Gasteiger partial charge in [0, 0.05) is 24.3 Å². The SMILES string of the molecule is CCNc1ccc(C(=O)NCC2CCCCC2C)c(C)c1. The predicted octanol–water partition coefficient (Wildman–Crippen LogP) is 3.98. The van der Waals surface area contributed by atoms with E-state index in [1.807, 2.05) is 25.1 Å². The van der Waals surface area contributed by atoms with Crippen LogP contribution in [0.3, 0.4) is 0 Å². The summed E-state index contributed by atoms with van der Waals surface area (Å²) in [7, 11) is 0. The van der Waals surface area contributed by atoms with Gasteiger partial charge in [0.25, 0.3) is 5.91 Å². The van der Waals surface area contributed by atoms with Gasteiger partial charge in [-0.05, 0) is 55.9 Å². The zero-order chi connectivity index (χ0) is 15.2. The van der Waals surface area contributed by atoms with Crippen molar-refractivity contribution >= 4 is 11.6 Å². The van der Waals surface area contributed by atoms with Crippen molar-refractivity contribution in [2.75, 3.05) is 18.4 Å². The minimum atomic E-state index is 0.0633. The second-order valence-electron chi connectivity index (χ2n) is 6.29. The fourth-order valence-corrected chi connectivity index (χ4v) is 3.25. The smallest absolute Gasteiger partial charge is 0.251 e. The van der Waals surface area contributed by atoms with Crippen molar-refractivity contribution in [1.82, 2.24) is 5.32 Å². The highest BCUT2D eigenvalue weighted by atomic mass is 16.1. The Bertz CT molecular complexity index is 484. The van der Waals surface area contributed by atoms with Crippen molar-refractivity contribution in [2.24, 2.45) is 11.8 Å². The van der Waals surface area contributed by atoms with Gasteiger partial charge in [0.1, 0.15) is 0 Å². The van der Waals surface area contributed by atoms with Crippen molar-refractivity contribution in [3.63, 3.8) is 0 Å². The number of nitrogens with one attached hydrogen (secondary N) is 2. The Hall–Kier alpha value is -1.51. The summed E-state index contributed by atoms with van der Waals surface area (Å²) in [4.78, 5) is 12.4. The largest absolute Gasteiger partial charge is 0.385 e. The normalized spacial score (nSPS) is 21.9. The summed E-state index contributed by atoms with van der Waals surface area (Å²) >= 11 is 0. The predicted molar refractivity (Wildman–Crippen MR) is 88.8 cm³/mol. The molecule has 0 spiro atoms. The zero-order valence-corrected chi connectivity index (χ0v) is 13.5. The number of anilines is 1. The van der Waals surface area contributed by atoms with Gasteiger partial charge in [-0.3, -0.25) is 4.79 Å². The summed E-state index contributed by atoms with van der Waals surface area (Å²) in [6.07, 6.45) is 5.20. The van der Waals surface area contributed by atoms with Crippen molar-refractivity contribution in [3.8, 4) is 0 Å². The molecule has 0 saturated heterocycles. The monoisotopic (exact) mass is 288 g/mol. The van der Waals surface area contributed by atoms with Crippen LogP contribution in [-0.4, -0.2) is 19.0 Å². The second kappa shape index (κ2) is 7.48. The van der Waals surface area contributed by atoms with Gasteiger partial charge in [0.2, 0.25) is 0 Å². The fourth-order valence-electron chi connectivity index (χ4n) is 3.25. The fraction of sp³-hybridized carbons (Fsp3) is 0.611. The summed E-state index contributed by atoms with van der Waals surface area (Å²) < 4.78 is 0. The maximum Gasteiger partial charge on any atom is 0.251 e. The number of aryl methyl sites for hydroxylation is 1. The molecule has 21 heavy (non-hydrogen) atoms. The number of carbonyl (C=O) groups is 1. The molecule has 0 aliphatic heterocycles. The average Bonchev–Trinajstić information content (AvgIpc) is 2.46. The van der Waals surface area contributed by atoms with E-state index in [9.17, 15) is 4.79 Å². The number of hydrogen-bond acceptors (Lipinski definition) is 2. The molecule has 1 aliphatic rings. The zero-order valence-electron chi connectivity index (χ0n) is 13.5. The Morgan fingerprint density at radius 1 is 1.29 bits per heavy atom. The summed E-state index contributed by atoms with van der Waals surface area (Å²) in [5.74, 6) is 1.44. The van der Waals surface area contributed by atoms with Gasteiger partial charge in [0.15, 0.2) is 0 Å². The van der Waals surface area contributed by atoms with E-state index in [1.165, 1.54) is 25.7 Å². The number of carbonyl (C=O) groups excluding carboxylic acids is 1. The summed E-state index contributed by atoms with van der Waals surface area (Å²) in [5, 5.41) is 6.40. The molecule has 3 nitrogen and oxygen atoms in total. The third-order valence-electron chi connectivity index (χ3n) is 4.67. The lowest BCUT2D eigenvalue weighted by Crippen LogP contribution is -2.33. The lowest BCUT2D eigenvalue weighted by molar-refractivity contribution is 0.0936. The average molecular weight is 288 g/mol. The van der Waals surface area contributed by atoms with Gasteiger partial charge in [0.05, 0.1) is 0 Å². The van der Waals surface area contributed by atoms with Crippen LogP contribution in [0.4, 0.5) is 5.69 Å². The van der Waals surface area contributed by atoms with E-state index in [2.05, 4.69) is 24.5 Å². The Kier molecular flexibility index (Phi) is 5.66. The van der Waals surface area contributed by atoms with Crippen LogP contribution in [0.25, 0.3) is 0 Å². The standard InChI is InChI=1S/C18H28N2O/c1-4-19-16-9-10-17(14(3)11-16)18(21)20-12-15-8-6-5-7-13(15)2/h9-11,13,15,19H,4-8,12H2,1-3H3,(H,20,21). The van der Waals surface area contributed by atoms with E-state index in [4.69, 9.17) is 0 Å². The molecule has 1 aromatic carbocycles. The van der Waals surface area contributed by atoms with Crippen LogP contribution in [0, 0.1) is 18.8 Å². The van der Waals surface area contributed by atoms with Crippen molar-refractivity contribution in [2.45, 2.75) is 46.5 Å². The topological polar surface area (TPSA) is 41.1 Å². The Morgan fingerprint density at radius 2 is 2.05 bits per heavy atom. The molecule has 0 heterocycles. The van der Waals surface area contributed by atoms with E-state index in [0.29, 0.717) is 5.92 Å². The van der Waals surface area contributed by atoms with Gasteiger partial charge < -0.3 is 10.6 Å². The van der Waals surface area contributed by atoms with Gasteiger partial charge in [-0.1, -0.05) is 26.2 Å². The van der Waals surface area contributed by atoms with Gasteiger partial charge in [-0.2, -0.15) is 0 Å². The molecule has 0 bridgehead atoms. The lowest BCUT2D eigenvalue weighted by Gasteiger charge is -2.28. The molecule has 1 amide bonds. The van der Waals surface area contributed by atoms with Crippen LogP contribution < -0.4 is 10.6 Å². The molecular formula is C18H28N2O. The first-order valence-electron chi connectivity index (χ1n) is 8.24. The molecule has 0 radical (unpaired) electrons. The van der Waals surface area contributed by atoms with Crippen molar-refractivity contribution in [3.05, 3.63) is 29.3 Å². The number of hydrogen-bond donors (Lipinski definition) is 2. The maximum atomic E-state index is 12.4. The van der Waals surface area contributed by atoms with Gasteiger partial charge in [-0.25, -0.2) is 0 Å². The molecule has 1 fully saturated rings. The summed E-state index contributed by atoms with van der Waals surface area (Å²) in [6, 6.07) is 5.95. The van der Waals surface area contributed by atoms with Gasteiger partial charge in [-0.15, -0.1) is 0 Å². The molecular weight excluding hydrogens is 260 g/mol. The molecule has 1 saturated carbocycles. The third-order valence-corrected chi connectivity index (χ3v) is 4.67.